The number of benzene rings is 9. The summed E-state index contributed by atoms with van der Waals surface area (Å²) in [7, 11) is 0. The maximum Gasteiger partial charge on any atom is 0.0979 e. The van der Waals surface area contributed by atoms with Gasteiger partial charge in [-0.1, -0.05) is 164 Å². The summed E-state index contributed by atoms with van der Waals surface area (Å²) in [4.78, 5) is 10.3. The molecule has 9 aromatic carbocycles. The summed E-state index contributed by atoms with van der Waals surface area (Å²) in [5.41, 5.74) is 11.1. The molecule has 11 rings (SSSR count). The van der Waals surface area contributed by atoms with E-state index in [4.69, 9.17) is 9.97 Å². The molecule has 0 bridgehead atoms. The number of rotatable bonds is 4. The van der Waals surface area contributed by atoms with Crippen LogP contribution < -0.4 is 0 Å². The van der Waals surface area contributed by atoms with E-state index in [1.807, 2.05) is 17.5 Å². The molecule has 0 aliphatic rings. The van der Waals surface area contributed by atoms with Crippen molar-refractivity contribution in [3.63, 3.8) is 0 Å². The van der Waals surface area contributed by atoms with Gasteiger partial charge in [-0.3, -0.25) is 4.98 Å². The molecule has 0 saturated heterocycles. The average Bonchev–Trinajstić information content (AvgIpc) is 3.62. The molecule has 0 aliphatic carbocycles. The van der Waals surface area contributed by atoms with Crippen LogP contribution in [0, 0.1) is 0 Å². The smallest absolute Gasteiger partial charge is 0.0979 e. The third-order valence-electron chi connectivity index (χ3n) is 10.7. The summed E-state index contributed by atoms with van der Waals surface area (Å²) in [6.07, 6.45) is 1.93. The van der Waals surface area contributed by atoms with Crippen molar-refractivity contribution in [3.05, 3.63) is 182 Å². The Hall–Kier alpha value is -6.68. The molecule has 0 radical (unpaired) electrons. The van der Waals surface area contributed by atoms with Crippen LogP contribution in [-0.2, 0) is 0 Å². The normalized spacial score (nSPS) is 11.8. The molecule has 0 fully saturated rings. The number of fused-ring (bicyclic) bond motifs is 10. The third kappa shape index (κ3) is 4.78. The number of aromatic nitrogens is 2. The van der Waals surface area contributed by atoms with Crippen molar-refractivity contribution in [1.82, 2.24) is 9.97 Å². The van der Waals surface area contributed by atoms with Crippen LogP contribution >= 0.6 is 11.3 Å². The standard InChI is InChI=1S/C50H30N2S/c1-2-14-39-36(33-11-9-12-34(29-33)46-30-51-48-43-18-5-3-15-40(43)41-16-4-6-19-44(41)49(48)52-46)28-27-35(38(39)13-1)31-23-25-32(26-24-31)37-20-10-21-45-42-17-7-8-22-47(42)53-50(37)45/h1-30H. The minimum Gasteiger partial charge on any atom is -0.252 e. The van der Waals surface area contributed by atoms with Gasteiger partial charge in [0.2, 0.25) is 0 Å². The topological polar surface area (TPSA) is 25.8 Å². The maximum atomic E-state index is 5.27. The number of nitrogens with zero attached hydrogens (tertiary/aromatic N) is 2. The molecule has 0 spiro atoms. The first-order valence-corrected chi connectivity index (χ1v) is 18.8. The zero-order valence-electron chi connectivity index (χ0n) is 28.6. The molecule has 0 unspecified atom stereocenters. The summed E-state index contributed by atoms with van der Waals surface area (Å²) in [6, 6.07) is 63.5. The average molecular weight is 691 g/mol. The Morgan fingerprint density at radius 3 is 1.58 bits per heavy atom. The highest BCUT2D eigenvalue weighted by Gasteiger charge is 2.15. The molecule has 0 amide bonds. The van der Waals surface area contributed by atoms with E-state index < -0.39 is 0 Å². The highest BCUT2D eigenvalue weighted by atomic mass is 32.1. The van der Waals surface area contributed by atoms with E-state index in [1.54, 1.807) is 0 Å². The van der Waals surface area contributed by atoms with Crippen LogP contribution in [0.5, 0.6) is 0 Å². The molecule has 0 aliphatic heterocycles. The molecule has 2 aromatic heterocycles. The van der Waals surface area contributed by atoms with Gasteiger partial charge >= 0.3 is 0 Å². The van der Waals surface area contributed by atoms with E-state index in [1.165, 1.54) is 69.5 Å². The van der Waals surface area contributed by atoms with E-state index in [2.05, 4.69) is 176 Å². The summed E-state index contributed by atoms with van der Waals surface area (Å²) in [5.74, 6) is 0. The SMILES string of the molecule is c1cc(-c2cnc3c4ccccc4c4ccccc4c3n2)cc(-c2ccc(-c3ccc(-c4cccc5c4sc4ccccc45)cc3)c3ccccc23)c1. The van der Waals surface area contributed by atoms with Gasteiger partial charge in [-0.2, -0.15) is 0 Å². The first-order chi connectivity index (χ1) is 26.3. The van der Waals surface area contributed by atoms with Gasteiger partial charge in [-0.15, -0.1) is 11.3 Å². The van der Waals surface area contributed by atoms with Gasteiger partial charge in [-0.05, 0) is 67.1 Å². The van der Waals surface area contributed by atoms with Crippen LogP contribution in [0.2, 0.25) is 0 Å². The van der Waals surface area contributed by atoms with Crippen LogP contribution in [0.4, 0.5) is 0 Å². The van der Waals surface area contributed by atoms with Crippen molar-refractivity contribution in [2.24, 2.45) is 0 Å². The van der Waals surface area contributed by atoms with Gasteiger partial charge in [0, 0.05) is 36.5 Å². The fraction of sp³-hybridized carbons (Fsp3) is 0. The molecule has 3 heteroatoms. The van der Waals surface area contributed by atoms with Gasteiger partial charge in [0.15, 0.2) is 0 Å². The predicted octanol–water partition coefficient (Wildman–Crippen LogP) is 14.1. The monoisotopic (exact) mass is 690 g/mol. The zero-order valence-corrected chi connectivity index (χ0v) is 29.4. The largest absolute Gasteiger partial charge is 0.252 e. The second kappa shape index (κ2) is 11.9. The fourth-order valence-electron chi connectivity index (χ4n) is 8.21. The number of hydrogen-bond acceptors (Lipinski definition) is 3. The van der Waals surface area contributed by atoms with E-state index in [0.717, 1.165) is 38.6 Å². The lowest BCUT2D eigenvalue weighted by atomic mass is 9.91. The lowest BCUT2D eigenvalue weighted by Crippen LogP contribution is -1.92. The van der Waals surface area contributed by atoms with E-state index in [0.29, 0.717) is 0 Å². The summed E-state index contributed by atoms with van der Waals surface area (Å²) < 4.78 is 2.67. The Labute approximate surface area is 310 Å². The Morgan fingerprint density at radius 2 is 0.868 bits per heavy atom. The molecule has 0 saturated carbocycles. The van der Waals surface area contributed by atoms with Gasteiger partial charge in [0.1, 0.15) is 0 Å². The molecule has 2 heterocycles. The van der Waals surface area contributed by atoms with Gasteiger partial charge in [-0.25, -0.2) is 4.98 Å². The van der Waals surface area contributed by atoms with Crippen molar-refractivity contribution in [2.75, 3.05) is 0 Å². The lowest BCUT2D eigenvalue weighted by Gasteiger charge is -2.14. The van der Waals surface area contributed by atoms with Crippen LogP contribution in [0.3, 0.4) is 0 Å². The molecule has 0 N–H and O–H groups in total. The second-order valence-corrected chi connectivity index (χ2v) is 14.7. The second-order valence-electron chi connectivity index (χ2n) is 13.7. The Bertz CT molecular complexity index is 3190. The Kier molecular flexibility index (Phi) is 6.76. The third-order valence-corrected chi connectivity index (χ3v) is 12.0. The summed E-state index contributed by atoms with van der Waals surface area (Å²) in [5, 5.41) is 9.77. The van der Waals surface area contributed by atoms with Crippen molar-refractivity contribution >= 4 is 74.9 Å². The minimum atomic E-state index is 0.868. The summed E-state index contributed by atoms with van der Waals surface area (Å²) in [6.45, 7) is 0. The zero-order chi connectivity index (χ0) is 34.9. The van der Waals surface area contributed by atoms with Crippen LogP contribution in [0.1, 0.15) is 0 Å². The fourth-order valence-corrected chi connectivity index (χ4v) is 9.45. The van der Waals surface area contributed by atoms with Crippen molar-refractivity contribution < 1.29 is 0 Å². The lowest BCUT2D eigenvalue weighted by molar-refractivity contribution is 1.31. The molecule has 53 heavy (non-hydrogen) atoms. The number of hydrogen-bond donors (Lipinski definition) is 0. The quantitative estimate of drug-likeness (QED) is 0.172. The first-order valence-electron chi connectivity index (χ1n) is 18.0. The molecule has 11 aromatic rings. The first kappa shape index (κ1) is 30.0. The number of thiophene rings is 1. The minimum absolute atomic E-state index is 0.868. The maximum absolute atomic E-state index is 5.27. The van der Waals surface area contributed by atoms with Crippen LogP contribution in [-0.4, -0.2) is 9.97 Å². The Morgan fingerprint density at radius 1 is 0.340 bits per heavy atom. The van der Waals surface area contributed by atoms with Crippen molar-refractivity contribution in [3.8, 4) is 44.6 Å². The van der Waals surface area contributed by atoms with E-state index in [9.17, 15) is 0 Å². The van der Waals surface area contributed by atoms with Gasteiger partial charge in [0.25, 0.3) is 0 Å². The molecule has 2 nitrogen and oxygen atoms in total. The molecular formula is C50H30N2S. The van der Waals surface area contributed by atoms with Gasteiger partial charge in [0.05, 0.1) is 22.9 Å². The molecule has 0 atom stereocenters. The highest BCUT2D eigenvalue weighted by molar-refractivity contribution is 7.26. The van der Waals surface area contributed by atoms with Crippen molar-refractivity contribution in [1.29, 1.82) is 0 Å². The highest BCUT2D eigenvalue weighted by Crippen LogP contribution is 2.42. The Balaban J connectivity index is 0.985. The van der Waals surface area contributed by atoms with Crippen LogP contribution in [0.25, 0.3) is 108 Å². The van der Waals surface area contributed by atoms with E-state index in [-0.39, 0.29) is 0 Å². The van der Waals surface area contributed by atoms with Crippen molar-refractivity contribution in [2.45, 2.75) is 0 Å². The van der Waals surface area contributed by atoms with Gasteiger partial charge < -0.3 is 0 Å². The van der Waals surface area contributed by atoms with Crippen LogP contribution in [0.15, 0.2) is 182 Å². The molecular weight excluding hydrogens is 661 g/mol. The van der Waals surface area contributed by atoms with E-state index >= 15 is 0 Å². The molecule has 246 valence electrons. The predicted molar refractivity (Wildman–Crippen MR) is 227 cm³/mol. The summed E-state index contributed by atoms with van der Waals surface area (Å²) >= 11 is 1.88.